The van der Waals surface area contributed by atoms with E-state index in [2.05, 4.69) is 5.32 Å². The Hall–Kier alpha value is -2.67. The van der Waals surface area contributed by atoms with Gasteiger partial charge in [-0.2, -0.15) is 0 Å². The zero-order valence-corrected chi connectivity index (χ0v) is 15.9. The molecule has 0 aliphatic carbocycles. The minimum atomic E-state index is -3.37. The summed E-state index contributed by atoms with van der Waals surface area (Å²) in [5.41, 5.74) is 3.38. The van der Waals surface area contributed by atoms with Gasteiger partial charge in [-0.05, 0) is 50.1 Å². The lowest BCUT2D eigenvalue weighted by Gasteiger charge is -2.11. The summed E-state index contributed by atoms with van der Waals surface area (Å²) in [6.45, 7) is 5.10. The second kappa shape index (κ2) is 7.70. The van der Waals surface area contributed by atoms with E-state index in [0.29, 0.717) is 11.3 Å². The average Bonchev–Trinajstić information content (AvgIpc) is 2.51. The highest BCUT2D eigenvalue weighted by atomic mass is 32.2. The van der Waals surface area contributed by atoms with Crippen molar-refractivity contribution < 1.29 is 22.7 Å². The summed E-state index contributed by atoms with van der Waals surface area (Å²) in [5.74, 6) is -1.12. The minimum Gasteiger partial charge on any atom is -0.452 e. The largest absolute Gasteiger partial charge is 0.452 e. The van der Waals surface area contributed by atoms with Gasteiger partial charge in [-0.3, -0.25) is 4.79 Å². The Labute approximate surface area is 153 Å². The fourth-order valence-electron chi connectivity index (χ4n) is 2.71. The fraction of sp³-hybridized carbons (Fsp3) is 0.263. The van der Waals surface area contributed by atoms with Gasteiger partial charge in [-0.1, -0.05) is 23.8 Å². The molecule has 0 aromatic heterocycles. The number of amides is 1. The van der Waals surface area contributed by atoms with Crippen molar-refractivity contribution in [1.29, 1.82) is 0 Å². The number of anilines is 1. The van der Waals surface area contributed by atoms with Crippen molar-refractivity contribution in [1.82, 2.24) is 0 Å². The number of carbonyl (C=O) groups excluding carboxylic acids is 2. The van der Waals surface area contributed by atoms with Gasteiger partial charge in [0.2, 0.25) is 0 Å². The van der Waals surface area contributed by atoms with E-state index in [1.54, 1.807) is 6.07 Å². The Bertz CT molecular complexity index is 941. The summed E-state index contributed by atoms with van der Waals surface area (Å²) in [4.78, 5) is 24.3. The maximum Gasteiger partial charge on any atom is 0.339 e. The van der Waals surface area contributed by atoms with Crippen molar-refractivity contribution in [2.24, 2.45) is 0 Å². The monoisotopic (exact) mass is 375 g/mol. The molecule has 0 heterocycles. The highest BCUT2D eigenvalue weighted by molar-refractivity contribution is 7.90. The van der Waals surface area contributed by atoms with Crippen LogP contribution in [0.2, 0.25) is 0 Å². The number of nitrogens with one attached hydrogen (secondary N) is 1. The predicted octanol–water partition coefficient (Wildman–Crippen LogP) is 2.81. The third-order valence-electron chi connectivity index (χ3n) is 3.76. The van der Waals surface area contributed by atoms with Gasteiger partial charge >= 0.3 is 5.97 Å². The summed E-state index contributed by atoms with van der Waals surface area (Å²) < 4.78 is 28.2. The molecule has 2 aromatic carbocycles. The smallest absolute Gasteiger partial charge is 0.339 e. The summed E-state index contributed by atoms with van der Waals surface area (Å²) in [6.07, 6.45) is 1.09. The molecular formula is C19H21NO5S. The molecule has 7 heteroatoms. The molecule has 1 amide bonds. The fourth-order valence-corrected chi connectivity index (χ4v) is 3.37. The Morgan fingerprint density at radius 3 is 2.23 bits per heavy atom. The Kier molecular flexibility index (Phi) is 5.82. The van der Waals surface area contributed by atoms with E-state index in [4.69, 9.17) is 4.74 Å². The second-order valence-corrected chi connectivity index (χ2v) is 8.21. The van der Waals surface area contributed by atoms with Crippen LogP contribution in [0.1, 0.15) is 27.0 Å². The lowest BCUT2D eigenvalue weighted by Crippen LogP contribution is -2.21. The van der Waals surface area contributed by atoms with Gasteiger partial charge in [-0.15, -0.1) is 0 Å². The lowest BCUT2D eigenvalue weighted by atomic mass is 10.00. The Balaban J connectivity index is 2.03. The zero-order chi connectivity index (χ0) is 19.5. The summed E-state index contributed by atoms with van der Waals surface area (Å²) in [6, 6.07) is 9.62. The molecule has 0 bridgehead atoms. The van der Waals surface area contributed by atoms with Gasteiger partial charge in [-0.25, -0.2) is 13.2 Å². The molecular weight excluding hydrogens is 354 g/mol. The first kappa shape index (κ1) is 19.7. The minimum absolute atomic E-state index is 0.0956. The lowest BCUT2D eigenvalue weighted by molar-refractivity contribution is -0.119. The second-order valence-electron chi connectivity index (χ2n) is 6.20. The predicted molar refractivity (Wildman–Crippen MR) is 99.1 cm³/mol. The molecule has 0 fully saturated rings. The van der Waals surface area contributed by atoms with Gasteiger partial charge in [0, 0.05) is 11.9 Å². The number of ether oxygens (including phenoxy) is 1. The third-order valence-corrected chi connectivity index (χ3v) is 4.87. The molecule has 0 unspecified atom stereocenters. The normalized spacial score (nSPS) is 11.1. The van der Waals surface area contributed by atoms with Crippen LogP contribution in [-0.2, 0) is 19.4 Å². The van der Waals surface area contributed by atoms with Crippen LogP contribution in [-0.4, -0.2) is 33.2 Å². The summed E-state index contributed by atoms with van der Waals surface area (Å²) in [7, 11) is -3.37. The first-order valence-corrected chi connectivity index (χ1v) is 9.82. The van der Waals surface area contributed by atoms with Gasteiger partial charge < -0.3 is 10.1 Å². The van der Waals surface area contributed by atoms with Crippen LogP contribution in [0.5, 0.6) is 0 Å². The first-order valence-electron chi connectivity index (χ1n) is 7.93. The third kappa shape index (κ3) is 4.92. The molecule has 0 saturated carbocycles. The first-order chi connectivity index (χ1) is 12.1. The number of esters is 1. The van der Waals surface area contributed by atoms with E-state index in [0.717, 1.165) is 22.9 Å². The molecule has 0 spiro atoms. The van der Waals surface area contributed by atoms with E-state index in [1.165, 1.54) is 18.2 Å². The van der Waals surface area contributed by atoms with Crippen LogP contribution in [0, 0.1) is 20.8 Å². The molecule has 0 aliphatic rings. The van der Waals surface area contributed by atoms with Crippen LogP contribution < -0.4 is 5.32 Å². The average molecular weight is 375 g/mol. The van der Waals surface area contributed by atoms with Gasteiger partial charge in [0.1, 0.15) is 0 Å². The molecule has 2 rings (SSSR count). The van der Waals surface area contributed by atoms with Gasteiger partial charge in [0.05, 0.1) is 10.5 Å². The maximum absolute atomic E-state index is 12.3. The molecule has 0 atom stereocenters. The summed E-state index contributed by atoms with van der Waals surface area (Å²) >= 11 is 0. The Morgan fingerprint density at radius 1 is 1.04 bits per heavy atom. The van der Waals surface area contributed by atoms with Crippen LogP contribution in [0.15, 0.2) is 41.3 Å². The van der Waals surface area contributed by atoms with E-state index < -0.39 is 28.3 Å². The molecule has 0 saturated heterocycles. The standard InChI is InChI=1S/C19H21NO5S/c1-12-8-13(2)18(14(3)9-12)19(22)25-11-17(21)20-15-6-5-7-16(10-15)26(4,23)24/h5-10H,11H2,1-4H3,(H,20,21). The number of hydrogen-bond donors (Lipinski definition) is 1. The number of aryl methyl sites for hydroxylation is 3. The number of carbonyl (C=O) groups is 2. The van der Waals surface area contributed by atoms with E-state index in [1.807, 2.05) is 32.9 Å². The van der Waals surface area contributed by atoms with Crippen LogP contribution in [0.25, 0.3) is 0 Å². The van der Waals surface area contributed by atoms with Crippen molar-refractivity contribution in [2.45, 2.75) is 25.7 Å². The van der Waals surface area contributed by atoms with Crippen molar-refractivity contribution in [3.8, 4) is 0 Å². The molecule has 26 heavy (non-hydrogen) atoms. The summed E-state index contributed by atoms with van der Waals surface area (Å²) in [5, 5.41) is 2.52. The van der Waals surface area contributed by atoms with Gasteiger partial charge in [0.15, 0.2) is 16.4 Å². The molecule has 6 nitrogen and oxygen atoms in total. The van der Waals surface area contributed by atoms with Crippen LogP contribution >= 0.6 is 0 Å². The quantitative estimate of drug-likeness (QED) is 0.812. The number of benzene rings is 2. The molecule has 138 valence electrons. The maximum atomic E-state index is 12.3. The molecule has 0 aliphatic heterocycles. The highest BCUT2D eigenvalue weighted by Gasteiger charge is 2.16. The topological polar surface area (TPSA) is 89.5 Å². The van der Waals surface area contributed by atoms with E-state index in [9.17, 15) is 18.0 Å². The zero-order valence-electron chi connectivity index (χ0n) is 15.1. The van der Waals surface area contributed by atoms with E-state index >= 15 is 0 Å². The van der Waals surface area contributed by atoms with Gasteiger partial charge in [0.25, 0.3) is 5.91 Å². The van der Waals surface area contributed by atoms with Crippen molar-refractivity contribution >= 4 is 27.4 Å². The number of rotatable bonds is 5. The highest BCUT2D eigenvalue weighted by Crippen LogP contribution is 2.18. The molecule has 2 aromatic rings. The van der Waals surface area contributed by atoms with Crippen molar-refractivity contribution in [2.75, 3.05) is 18.2 Å². The SMILES string of the molecule is Cc1cc(C)c(C(=O)OCC(=O)Nc2cccc(S(C)(=O)=O)c2)c(C)c1. The number of hydrogen-bond acceptors (Lipinski definition) is 5. The van der Waals surface area contributed by atoms with Crippen molar-refractivity contribution in [3.05, 3.63) is 58.7 Å². The molecule has 0 radical (unpaired) electrons. The van der Waals surface area contributed by atoms with Crippen LogP contribution in [0.4, 0.5) is 5.69 Å². The van der Waals surface area contributed by atoms with E-state index in [-0.39, 0.29) is 4.90 Å². The van der Waals surface area contributed by atoms with Crippen LogP contribution in [0.3, 0.4) is 0 Å². The van der Waals surface area contributed by atoms with Crippen molar-refractivity contribution in [3.63, 3.8) is 0 Å². The number of sulfone groups is 1. The molecule has 1 N–H and O–H groups in total. The Morgan fingerprint density at radius 2 is 1.65 bits per heavy atom.